The Labute approximate surface area is 164 Å². The average Bonchev–Trinajstić information content (AvgIpc) is 2.97. The molecule has 0 spiro atoms. The second-order valence-corrected chi connectivity index (χ2v) is 7.84. The standard InChI is InChI=1S/C23H24FNO3/c1-14-6-5-9-25(12-14)13-17-19(26)10-15(2)21-22(27)20(28-23(17)21)11-16-7-3-4-8-18(16)24/h3-4,7-8,10-11,14,26H,5-6,9,12-13H2,1-2H3/b20-11+. The zero-order chi connectivity index (χ0) is 19.8. The second-order valence-electron chi connectivity index (χ2n) is 7.84. The quantitative estimate of drug-likeness (QED) is 0.784. The summed E-state index contributed by atoms with van der Waals surface area (Å²) in [5, 5.41) is 10.6. The van der Waals surface area contributed by atoms with Crippen LogP contribution in [-0.4, -0.2) is 28.9 Å². The number of carbonyl (C=O) groups excluding carboxylic acids is 1. The Morgan fingerprint density at radius 2 is 2.14 bits per heavy atom. The predicted molar refractivity (Wildman–Crippen MR) is 106 cm³/mol. The van der Waals surface area contributed by atoms with Crippen LogP contribution in [0.4, 0.5) is 4.39 Å². The van der Waals surface area contributed by atoms with E-state index >= 15 is 0 Å². The van der Waals surface area contributed by atoms with Crippen LogP contribution >= 0.6 is 0 Å². The molecule has 0 aromatic heterocycles. The van der Waals surface area contributed by atoms with Crippen molar-refractivity contribution in [3.05, 3.63) is 64.2 Å². The molecule has 0 aliphatic carbocycles. The lowest BCUT2D eigenvalue weighted by Crippen LogP contribution is -2.33. The molecule has 0 bridgehead atoms. The van der Waals surface area contributed by atoms with Crippen LogP contribution in [-0.2, 0) is 6.54 Å². The number of ketones is 1. The summed E-state index contributed by atoms with van der Waals surface area (Å²) in [6.07, 6.45) is 3.76. The van der Waals surface area contributed by atoms with E-state index in [0.29, 0.717) is 40.5 Å². The molecule has 2 aromatic rings. The summed E-state index contributed by atoms with van der Waals surface area (Å²) in [5.74, 6) is 0.543. The first-order valence-electron chi connectivity index (χ1n) is 9.70. The summed E-state index contributed by atoms with van der Waals surface area (Å²) >= 11 is 0. The van der Waals surface area contributed by atoms with E-state index in [0.717, 1.165) is 19.5 Å². The lowest BCUT2D eigenvalue weighted by molar-refractivity contribution is 0.101. The van der Waals surface area contributed by atoms with Gasteiger partial charge in [0, 0.05) is 18.7 Å². The van der Waals surface area contributed by atoms with Gasteiger partial charge in [-0.1, -0.05) is 25.1 Å². The lowest BCUT2D eigenvalue weighted by atomic mass is 9.97. The van der Waals surface area contributed by atoms with Gasteiger partial charge in [0.05, 0.1) is 11.1 Å². The zero-order valence-electron chi connectivity index (χ0n) is 16.2. The number of ether oxygens (including phenoxy) is 1. The Kier molecular flexibility index (Phi) is 4.94. The van der Waals surface area contributed by atoms with Crippen LogP contribution in [0.25, 0.3) is 6.08 Å². The predicted octanol–water partition coefficient (Wildman–Crippen LogP) is 4.69. The van der Waals surface area contributed by atoms with Gasteiger partial charge in [0.2, 0.25) is 5.78 Å². The minimum Gasteiger partial charge on any atom is -0.507 e. The number of nitrogens with zero attached hydrogens (tertiary/aromatic N) is 1. The minimum atomic E-state index is -0.413. The number of phenols is 1. The molecule has 1 saturated heterocycles. The molecule has 5 heteroatoms. The van der Waals surface area contributed by atoms with Gasteiger partial charge >= 0.3 is 0 Å². The number of Topliss-reactive ketones (excluding diaryl/α,β-unsaturated/α-hetero) is 1. The normalized spacial score (nSPS) is 21.0. The summed E-state index contributed by atoms with van der Waals surface area (Å²) in [5.41, 5.74) is 2.04. The van der Waals surface area contributed by atoms with Crippen molar-refractivity contribution in [3.63, 3.8) is 0 Å². The minimum absolute atomic E-state index is 0.0852. The smallest absolute Gasteiger partial charge is 0.232 e. The van der Waals surface area contributed by atoms with Crippen LogP contribution in [0.1, 0.15) is 46.8 Å². The highest BCUT2D eigenvalue weighted by Crippen LogP contribution is 2.42. The maximum atomic E-state index is 14.0. The summed E-state index contributed by atoms with van der Waals surface area (Å²) < 4.78 is 19.9. The molecular formula is C23H24FNO3. The summed E-state index contributed by atoms with van der Waals surface area (Å²) in [6.45, 7) is 6.44. The Bertz CT molecular complexity index is 967. The van der Waals surface area contributed by atoms with Crippen molar-refractivity contribution in [2.45, 2.75) is 33.2 Å². The van der Waals surface area contributed by atoms with E-state index in [1.165, 1.54) is 18.6 Å². The van der Waals surface area contributed by atoms with E-state index in [1.54, 1.807) is 31.2 Å². The van der Waals surface area contributed by atoms with Gasteiger partial charge in [-0.15, -0.1) is 0 Å². The summed E-state index contributed by atoms with van der Waals surface area (Å²) in [7, 11) is 0. The highest BCUT2D eigenvalue weighted by molar-refractivity contribution is 6.15. The average molecular weight is 381 g/mol. The highest BCUT2D eigenvalue weighted by atomic mass is 19.1. The number of aromatic hydroxyl groups is 1. The van der Waals surface area contributed by atoms with Crippen LogP contribution in [0.3, 0.4) is 0 Å². The number of hydrogen-bond acceptors (Lipinski definition) is 4. The van der Waals surface area contributed by atoms with Crippen molar-refractivity contribution in [1.82, 2.24) is 4.90 Å². The van der Waals surface area contributed by atoms with Gasteiger partial charge in [-0.25, -0.2) is 4.39 Å². The number of likely N-dealkylation sites (tertiary alicyclic amines) is 1. The van der Waals surface area contributed by atoms with E-state index in [9.17, 15) is 14.3 Å². The van der Waals surface area contributed by atoms with E-state index in [-0.39, 0.29) is 17.3 Å². The van der Waals surface area contributed by atoms with E-state index in [4.69, 9.17) is 4.74 Å². The first kappa shape index (κ1) is 18.7. The molecule has 4 nitrogen and oxygen atoms in total. The Balaban J connectivity index is 1.71. The van der Waals surface area contributed by atoms with Crippen LogP contribution in [0.2, 0.25) is 0 Å². The molecule has 1 atom stereocenters. The fourth-order valence-electron chi connectivity index (χ4n) is 4.12. The highest BCUT2D eigenvalue weighted by Gasteiger charge is 2.34. The van der Waals surface area contributed by atoms with E-state index in [1.807, 2.05) is 0 Å². The maximum absolute atomic E-state index is 14.0. The Hall–Kier alpha value is -2.66. The number of benzene rings is 2. The van der Waals surface area contributed by atoms with Crippen molar-refractivity contribution in [3.8, 4) is 11.5 Å². The van der Waals surface area contributed by atoms with Crippen molar-refractivity contribution in [1.29, 1.82) is 0 Å². The number of allylic oxidation sites excluding steroid dienone is 1. The lowest BCUT2D eigenvalue weighted by Gasteiger charge is -2.31. The van der Waals surface area contributed by atoms with Crippen molar-refractivity contribution < 1.29 is 19.0 Å². The SMILES string of the molecule is Cc1cc(O)c(CN2CCCC(C)C2)c2c1C(=O)/C(=C\c1ccccc1F)O2. The second kappa shape index (κ2) is 7.40. The molecule has 28 heavy (non-hydrogen) atoms. The third kappa shape index (κ3) is 3.42. The number of phenolic OH excluding ortho intramolecular Hbond substituents is 1. The van der Waals surface area contributed by atoms with Gasteiger partial charge in [-0.2, -0.15) is 0 Å². The van der Waals surface area contributed by atoms with E-state index < -0.39 is 5.82 Å². The van der Waals surface area contributed by atoms with Gasteiger partial charge in [0.15, 0.2) is 5.76 Å². The van der Waals surface area contributed by atoms with Gasteiger partial charge in [-0.05, 0) is 56.0 Å². The third-order valence-electron chi connectivity index (χ3n) is 5.54. The van der Waals surface area contributed by atoms with Crippen molar-refractivity contribution >= 4 is 11.9 Å². The molecular weight excluding hydrogens is 357 g/mol. The topological polar surface area (TPSA) is 49.8 Å². The van der Waals surface area contributed by atoms with Gasteiger partial charge in [-0.3, -0.25) is 9.69 Å². The molecule has 0 saturated carbocycles. The fraction of sp³-hybridized carbons (Fsp3) is 0.348. The van der Waals surface area contributed by atoms with Crippen molar-refractivity contribution in [2.75, 3.05) is 13.1 Å². The molecule has 2 heterocycles. The number of carbonyl (C=O) groups is 1. The monoisotopic (exact) mass is 381 g/mol. The third-order valence-corrected chi connectivity index (χ3v) is 5.54. The first-order chi connectivity index (χ1) is 13.4. The zero-order valence-corrected chi connectivity index (χ0v) is 16.2. The summed E-state index contributed by atoms with van der Waals surface area (Å²) in [4.78, 5) is 15.2. The molecule has 2 aliphatic rings. The molecule has 1 N–H and O–H groups in total. The van der Waals surface area contributed by atoms with Crippen LogP contribution in [0.15, 0.2) is 36.1 Å². The number of hydrogen-bond donors (Lipinski definition) is 1. The van der Waals surface area contributed by atoms with Crippen LogP contribution in [0, 0.1) is 18.7 Å². The number of fused-ring (bicyclic) bond motifs is 1. The number of halogens is 1. The molecule has 0 amide bonds. The fourth-order valence-corrected chi connectivity index (χ4v) is 4.12. The molecule has 1 unspecified atom stereocenters. The van der Waals surface area contributed by atoms with Gasteiger partial charge < -0.3 is 9.84 Å². The van der Waals surface area contributed by atoms with Crippen LogP contribution < -0.4 is 4.74 Å². The molecule has 2 aliphatic heterocycles. The van der Waals surface area contributed by atoms with E-state index in [2.05, 4.69) is 11.8 Å². The summed E-state index contributed by atoms with van der Waals surface area (Å²) in [6, 6.07) is 7.88. The Morgan fingerprint density at radius 1 is 1.36 bits per heavy atom. The molecule has 2 aromatic carbocycles. The Morgan fingerprint density at radius 3 is 2.89 bits per heavy atom. The first-order valence-corrected chi connectivity index (χ1v) is 9.70. The van der Waals surface area contributed by atoms with Crippen molar-refractivity contribution in [2.24, 2.45) is 5.92 Å². The maximum Gasteiger partial charge on any atom is 0.232 e. The molecule has 4 rings (SSSR count). The largest absolute Gasteiger partial charge is 0.507 e. The number of rotatable bonds is 3. The molecule has 1 fully saturated rings. The van der Waals surface area contributed by atoms with Gasteiger partial charge in [0.25, 0.3) is 0 Å². The van der Waals surface area contributed by atoms with Gasteiger partial charge in [0.1, 0.15) is 17.3 Å². The number of aryl methyl sites for hydroxylation is 1. The number of piperidine rings is 1. The van der Waals surface area contributed by atoms with Crippen LogP contribution in [0.5, 0.6) is 11.5 Å². The molecule has 146 valence electrons. The molecule has 0 radical (unpaired) electrons.